The van der Waals surface area contributed by atoms with E-state index in [4.69, 9.17) is 5.73 Å². The maximum Gasteiger partial charge on any atom is 0.129 e. The van der Waals surface area contributed by atoms with E-state index in [2.05, 4.69) is 36.3 Å². The number of nitrogen functional groups attached to an aromatic ring is 1. The molecule has 106 valence electrons. The molecule has 2 N–H and O–H groups in total. The SMILES string of the molecule is Cc1cccc(-c2c(CC3CCCC3)nn(C)c2N)c1. The van der Waals surface area contributed by atoms with Crippen LogP contribution in [-0.2, 0) is 13.5 Å². The van der Waals surface area contributed by atoms with Crippen molar-refractivity contribution in [3.63, 3.8) is 0 Å². The molecule has 0 radical (unpaired) electrons. The first-order chi connectivity index (χ1) is 9.65. The van der Waals surface area contributed by atoms with E-state index in [1.807, 2.05) is 11.7 Å². The van der Waals surface area contributed by atoms with Crippen molar-refractivity contribution in [1.82, 2.24) is 9.78 Å². The summed E-state index contributed by atoms with van der Waals surface area (Å²) < 4.78 is 1.82. The lowest BCUT2D eigenvalue weighted by atomic mass is 9.96. The number of aryl methyl sites for hydroxylation is 2. The summed E-state index contributed by atoms with van der Waals surface area (Å²) in [5.41, 5.74) is 11.0. The van der Waals surface area contributed by atoms with Crippen molar-refractivity contribution in [2.75, 3.05) is 5.73 Å². The predicted molar refractivity (Wildman–Crippen MR) is 83.5 cm³/mol. The fraction of sp³-hybridized carbons (Fsp3) is 0.471. The van der Waals surface area contributed by atoms with Crippen molar-refractivity contribution in [3.8, 4) is 11.1 Å². The van der Waals surface area contributed by atoms with Gasteiger partial charge in [0.2, 0.25) is 0 Å². The minimum Gasteiger partial charge on any atom is -0.383 e. The van der Waals surface area contributed by atoms with Crippen LogP contribution in [0.3, 0.4) is 0 Å². The molecule has 1 aliphatic carbocycles. The Kier molecular flexibility index (Phi) is 3.51. The highest BCUT2D eigenvalue weighted by molar-refractivity contribution is 5.77. The van der Waals surface area contributed by atoms with Crippen molar-refractivity contribution in [3.05, 3.63) is 35.5 Å². The van der Waals surface area contributed by atoms with Gasteiger partial charge in [0.05, 0.1) is 5.69 Å². The number of aromatic nitrogens is 2. The molecule has 0 saturated heterocycles. The number of nitrogens with zero attached hydrogens (tertiary/aromatic N) is 2. The van der Waals surface area contributed by atoms with E-state index in [1.165, 1.54) is 42.5 Å². The first-order valence-electron chi connectivity index (χ1n) is 7.53. The molecule has 0 bridgehead atoms. The van der Waals surface area contributed by atoms with Gasteiger partial charge in [0, 0.05) is 12.6 Å². The molecule has 1 aromatic heterocycles. The first-order valence-corrected chi connectivity index (χ1v) is 7.53. The largest absolute Gasteiger partial charge is 0.383 e. The molecule has 1 aliphatic rings. The minimum absolute atomic E-state index is 0.781. The smallest absolute Gasteiger partial charge is 0.129 e. The number of nitrogens with two attached hydrogens (primary N) is 1. The second-order valence-electron chi connectivity index (χ2n) is 6.05. The Morgan fingerprint density at radius 2 is 2.05 bits per heavy atom. The van der Waals surface area contributed by atoms with Crippen molar-refractivity contribution >= 4 is 5.82 Å². The molecule has 20 heavy (non-hydrogen) atoms. The quantitative estimate of drug-likeness (QED) is 0.923. The van der Waals surface area contributed by atoms with Gasteiger partial charge in [-0.15, -0.1) is 0 Å². The Morgan fingerprint density at radius 3 is 2.75 bits per heavy atom. The van der Waals surface area contributed by atoms with Gasteiger partial charge in [0.1, 0.15) is 5.82 Å². The highest BCUT2D eigenvalue weighted by Gasteiger charge is 2.21. The van der Waals surface area contributed by atoms with Crippen LogP contribution in [0.5, 0.6) is 0 Å². The van der Waals surface area contributed by atoms with E-state index in [9.17, 15) is 0 Å². The molecule has 0 aliphatic heterocycles. The van der Waals surface area contributed by atoms with Crippen LogP contribution in [0.1, 0.15) is 36.9 Å². The van der Waals surface area contributed by atoms with Crippen molar-refractivity contribution in [1.29, 1.82) is 0 Å². The van der Waals surface area contributed by atoms with E-state index in [-0.39, 0.29) is 0 Å². The Bertz CT molecular complexity index is 607. The summed E-state index contributed by atoms with van der Waals surface area (Å²) in [7, 11) is 1.94. The summed E-state index contributed by atoms with van der Waals surface area (Å²) in [4.78, 5) is 0. The van der Waals surface area contributed by atoms with E-state index < -0.39 is 0 Å². The molecular formula is C17H23N3. The second-order valence-corrected chi connectivity index (χ2v) is 6.05. The van der Waals surface area contributed by atoms with Crippen LogP contribution in [0.15, 0.2) is 24.3 Å². The maximum absolute atomic E-state index is 6.26. The van der Waals surface area contributed by atoms with E-state index in [0.29, 0.717) is 0 Å². The Balaban J connectivity index is 2.00. The van der Waals surface area contributed by atoms with Gasteiger partial charge in [-0.1, -0.05) is 55.5 Å². The molecule has 3 heteroatoms. The van der Waals surface area contributed by atoms with Gasteiger partial charge in [-0.25, -0.2) is 0 Å². The third kappa shape index (κ3) is 2.45. The molecule has 1 fully saturated rings. The van der Waals surface area contributed by atoms with Gasteiger partial charge >= 0.3 is 0 Å². The summed E-state index contributed by atoms with van der Waals surface area (Å²) in [5, 5.41) is 4.67. The minimum atomic E-state index is 0.781. The standard InChI is InChI=1S/C17H23N3/c1-12-6-5-9-14(10-12)16-15(19-20(2)17(16)18)11-13-7-3-4-8-13/h5-6,9-10,13H,3-4,7-8,11,18H2,1-2H3. The van der Waals surface area contributed by atoms with Crippen LogP contribution in [0, 0.1) is 12.8 Å². The van der Waals surface area contributed by atoms with E-state index in [1.54, 1.807) is 0 Å². The van der Waals surface area contributed by atoms with Crippen molar-refractivity contribution in [2.24, 2.45) is 13.0 Å². The van der Waals surface area contributed by atoms with Crippen LogP contribution >= 0.6 is 0 Å². The van der Waals surface area contributed by atoms with Gasteiger partial charge < -0.3 is 5.73 Å². The van der Waals surface area contributed by atoms with Gasteiger partial charge in [-0.05, 0) is 24.8 Å². The highest BCUT2D eigenvalue weighted by Crippen LogP contribution is 2.34. The van der Waals surface area contributed by atoms with Crippen LogP contribution in [0.25, 0.3) is 11.1 Å². The van der Waals surface area contributed by atoms with Crippen molar-refractivity contribution < 1.29 is 0 Å². The summed E-state index contributed by atoms with van der Waals surface area (Å²) in [6, 6.07) is 8.55. The zero-order valence-corrected chi connectivity index (χ0v) is 12.4. The zero-order valence-electron chi connectivity index (χ0n) is 12.4. The third-order valence-electron chi connectivity index (χ3n) is 4.43. The van der Waals surface area contributed by atoms with Crippen LogP contribution in [0.2, 0.25) is 0 Å². The third-order valence-corrected chi connectivity index (χ3v) is 4.43. The molecule has 1 heterocycles. The fourth-order valence-electron chi connectivity index (χ4n) is 3.34. The lowest BCUT2D eigenvalue weighted by molar-refractivity contribution is 0.534. The topological polar surface area (TPSA) is 43.8 Å². The summed E-state index contributed by atoms with van der Waals surface area (Å²) in [5.74, 6) is 1.57. The molecule has 0 spiro atoms. The summed E-state index contributed by atoms with van der Waals surface area (Å²) in [6.07, 6.45) is 6.47. The Morgan fingerprint density at radius 1 is 1.30 bits per heavy atom. The Hall–Kier alpha value is -1.77. The Labute approximate surface area is 120 Å². The number of hydrogen-bond acceptors (Lipinski definition) is 2. The normalized spacial score (nSPS) is 15.9. The van der Waals surface area contributed by atoms with Gasteiger partial charge in [0.15, 0.2) is 0 Å². The molecule has 0 atom stereocenters. The average Bonchev–Trinajstić information content (AvgIpc) is 3.00. The number of benzene rings is 1. The molecule has 3 nitrogen and oxygen atoms in total. The molecule has 3 rings (SSSR count). The lowest BCUT2D eigenvalue weighted by Gasteiger charge is -2.09. The predicted octanol–water partition coefficient (Wildman–Crippen LogP) is 3.71. The zero-order chi connectivity index (χ0) is 14.1. The molecule has 0 amide bonds. The second kappa shape index (κ2) is 5.31. The molecular weight excluding hydrogens is 246 g/mol. The molecule has 0 unspecified atom stereocenters. The molecule has 1 aromatic carbocycles. The van der Waals surface area contributed by atoms with Crippen LogP contribution in [-0.4, -0.2) is 9.78 Å². The van der Waals surface area contributed by atoms with Crippen LogP contribution < -0.4 is 5.73 Å². The molecule has 1 saturated carbocycles. The van der Waals surface area contributed by atoms with Crippen molar-refractivity contribution in [2.45, 2.75) is 39.0 Å². The average molecular weight is 269 g/mol. The monoisotopic (exact) mass is 269 g/mol. The number of hydrogen-bond donors (Lipinski definition) is 1. The first kappa shape index (κ1) is 13.2. The van der Waals surface area contributed by atoms with Gasteiger partial charge in [0.25, 0.3) is 0 Å². The fourth-order valence-corrected chi connectivity index (χ4v) is 3.34. The van der Waals surface area contributed by atoms with E-state index in [0.717, 1.165) is 23.7 Å². The number of anilines is 1. The van der Waals surface area contributed by atoms with Gasteiger partial charge in [-0.3, -0.25) is 4.68 Å². The highest BCUT2D eigenvalue weighted by atomic mass is 15.3. The van der Waals surface area contributed by atoms with E-state index >= 15 is 0 Å². The lowest BCUT2D eigenvalue weighted by Crippen LogP contribution is -2.01. The maximum atomic E-state index is 6.26. The summed E-state index contributed by atoms with van der Waals surface area (Å²) >= 11 is 0. The van der Waals surface area contributed by atoms with Crippen LogP contribution in [0.4, 0.5) is 5.82 Å². The van der Waals surface area contributed by atoms with Gasteiger partial charge in [-0.2, -0.15) is 5.10 Å². The summed E-state index contributed by atoms with van der Waals surface area (Å²) in [6.45, 7) is 2.12. The molecule has 2 aromatic rings. The number of rotatable bonds is 3.